The van der Waals surface area contributed by atoms with Crippen LogP contribution in [0.3, 0.4) is 0 Å². The Hall–Kier alpha value is -1.49. The highest BCUT2D eigenvalue weighted by atomic mass is 15.1. The molecule has 2 nitrogen and oxygen atoms in total. The van der Waals surface area contributed by atoms with Gasteiger partial charge in [0.1, 0.15) is 6.07 Å². The molecule has 2 heteroatoms. The molecular weight excluding hydrogens is 208 g/mol. The molecule has 0 saturated carbocycles. The molecule has 2 rings (SSSR count). The molecule has 0 bridgehead atoms. The SMILES string of the molecule is CC1(C)CCCN(c2ccccc2C#N)CC1. The second kappa shape index (κ2) is 4.79. The van der Waals surface area contributed by atoms with E-state index in [1.807, 2.05) is 18.2 Å². The number of nitriles is 1. The van der Waals surface area contributed by atoms with Crippen molar-refractivity contribution in [1.82, 2.24) is 0 Å². The number of benzene rings is 1. The molecule has 1 aromatic rings. The van der Waals surface area contributed by atoms with Gasteiger partial charge in [-0.25, -0.2) is 0 Å². The minimum absolute atomic E-state index is 0.441. The summed E-state index contributed by atoms with van der Waals surface area (Å²) in [4.78, 5) is 2.37. The molecule has 1 heterocycles. The topological polar surface area (TPSA) is 27.0 Å². The van der Waals surface area contributed by atoms with E-state index in [-0.39, 0.29) is 0 Å². The van der Waals surface area contributed by atoms with Crippen LogP contribution in [0.2, 0.25) is 0 Å². The highest BCUT2D eigenvalue weighted by Crippen LogP contribution is 2.32. The fourth-order valence-electron chi connectivity index (χ4n) is 2.51. The van der Waals surface area contributed by atoms with Crippen LogP contribution < -0.4 is 4.90 Å². The van der Waals surface area contributed by atoms with Crippen molar-refractivity contribution in [2.24, 2.45) is 5.41 Å². The zero-order chi connectivity index (χ0) is 12.3. The smallest absolute Gasteiger partial charge is 0.101 e. The van der Waals surface area contributed by atoms with Crippen molar-refractivity contribution in [3.63, 3.8) is 0 Å². The van der Waals surface area contributed by atoms with E-state index in [0.29, 0.717) is 5.41 Å². The first kappa shape index (κ1) is 12.0. The number of para-hydroxylation sites is 1. The Balaban J connectivity index is 2.20. The van der Waals surface area contributed by atoms with E-state index in [1.54, 1.807) is 0 Å². The number of nitrogens with zero attached hydrogens (tertiary/aromatic N) is 2. The van der Waals surface area contributed by atoms with Crippen molar-refractivity contribution >= 4 is 5.69 Å². The van der Waals surface area contributed by atoms with Crippen LogP contribution in [-0.4, -0.2) is 13.1 Å². The Kier molecular flexibility index (Phi) is 3.38. The zero-order valence-corrected chi connectivity index (χ0v) is 10.7. The highest BCUT2D eigenvalue weighted by Gasteiger charge is 2.23. The van der Waals surface area contributed by atoms with Crippen molar-refractivity contribution < 1.29 is 0 Å². The van der Waals surface area contributed by atoms with Gasteiger partial charge in [-0.05, 0) is 36.8 Å². The van der Waals surface area contributed by atoms with Gasteiger partial charge in [-0.3, -0.25) is 0 Å². The molecule has 0 spiro atoms. The maximum atomic E-state index is 9.15. The molecule has 0 aliphatic carbocycles. The van der Waals surface area contributed by atoms with Gasteiger partial charge in [0.25, 0.3) is 0 Å². The summed E-state index contributed by atoms with van der Waals surface area (Å²) in [6.45, 7) is 6.81. The highest BCUT2D eigenvalue weighted by molar-refractivity contribution is 5.59. The second-order valence-corrected chi connectivity index (χ2v) is 5.63. The lowest BCUT2D eigenvalue weighted by atomic mass is 9.85. The molecular formula is C15H20N2. The average molecular weight is 228 g/mol. The summed E-state index contributed by atoms with van der Waals surface area (Å²) in [7, 11) is 0. The summed E-state index contributed by atoms with van der Waals surface area (Å²) in [5.41, 5.74) is 2.34. The van der Waals surface area contributed by atoms with Gasteiger partial charge < -0.3 is 4.90 Å². The lowest BCUT2D eigenvalue weighted by molar-refractivity contribution is 0.325. The van der Waals surface area contributed by atoms with Gasteiger partial charge in [-0.1, -0.05) is 26.0 Å². The molecule has 1 saturated heterocycles. The fourth-order valence-corrected chi connectivity index (χ4v) is 2.51. The third-order valence-electron chi connectivity index (χ3n) is 3.71. The summed E-state index contributed by atoms with van der Waals surface area (Å²) in [6.07, 6.45) is 3.69. The molecule has 1 aliphatic heterocycles. The maximum Gasteiger partial charge on any atom is 0.101 e. The predicted molar refractivity (Wildman–Crippen MR) is 71.0 cm³/mol. The van der Waals surface area contributed by atoms with Crippen molar-refractivity contribution in [1.29, 1.82) is 5.26 Å². The van der Waals surface area contributed by atoms with Crippen LogP contribution in [0.25, 0.3) is 0 Å². The summed E-state index contributed by atoms with van der Waals surface area (Å²) in [6, 6.07) is 10.2. The van der Waals surface area contributed by atoms with Gasteiger partial charge in [0, 0.05) is 13.1 Å². The van der Waals surface area contributed by atoms with E-state index in [0.717, 1.165) is 24.3 Å². The van der Waals surface area contributed by atoms with Gasteiger partial charge in [0.05, 0.1) is 11.3 Å². The monoisotopic (exact) mass is 228 g/mol. The predicted octanol–water partition coefficient (Wildman–Crippen LogP) is 3.57. The van der Waals surface area contributed by atoms with E-state index >= 15 is 0 Å². The number of anilines is 1. The molecule has 0 amide bonds. The number of rotatable bonds is 1. The Bertz CT molecular complexity index is 429. The Morgan fingerprint density at radius 3 is 2.71 bits per heavy atom. The van der Waals surface area contributed by atoms with E-state index < -0.39 is 0 Å². The molecule has 90 valence electrons. The maximum absolute atomic E-state index is 9.15. The van der Waals surface area contributed by atoms with E-state index in [9.17, 15) is 0 Å². The molecule has 0 atom stereocenters. The summed E-state index contributed by atoms with van der Waals surface area (Å²) in [5, 5.41) is 9.15. The van der Waals surface area contributed by atoms with E-state index in [1.165, 1.54) is 19.3 Å². The molecule has 1 aromatic carbocycles. The minimum atomic E-state index is 0.441. The lowest BCUT2D eigenvalue weighted by Crippen LogP contribution is -2.25. The van der Waals surface area contributed by atoms with Crippen molar-refractivity contribution in [2.45, 2.75) is 33.1 Å². The van der Waals surface area contributed by atoms with Crippen LogP contribution in [-0.2, 0) is 0 Å². The Morgan fingerprint density at radius 1 is 1.18 bits per heavy atom. The Morgan fingerprint density at radius 2 is 1.94 bits per heavy atom. The Labute approximate surface area is 104 Å². The first-order valence-corrected chi connectivity index (χ1v) is 6.36. The number of hydrogen-bond donors (Lipinski definition) is 0. The van der Waals surface area contributed by atoms with Crippen LogP contribution in [0.15, 0.2) is 24.3 Å². The van der Waals surface area contributed by atoms with Crippen LogP contribution in [0.4, 0.5) is 5.69 Å². The summed E-state index contributed by atoms with van der Waals surface area (Å²) >= 11 is 0. The second-order valence-electron chi connectivity index (χ2n) is 5.63. The van der Waals surface area contributed by atoms with Gasteiger partial charge >= 0.3 is 0 Å². The fraction of sp³-hybridized carbons (Fsp3) is 0.533. The molecule has 0 unspecified atom stereocenters. The standard InChI is InChI=1S/C15H20N2/c1-15(2)8-5-10-17(11-9-15)14-7-4-3-6-13(14)12-16/h3-4,6-7H,5,8-11H2,1-2H3. The molecule has 17 heavy (non-hydrogen) atoms. The van der Waals surface area contributed by atoms with Gasteiger partial charge in [-0.2, -0.15) is 5.26 Å². The number of hydrogen-bond acceptors (Lipinski definition) is 2. The van der Waals surface area contributed by atoms with E-state index in [2.05, 4.69) is 30.9 Å². The van der Waals surface area contributed by atoms with Gasteiger partial charge in [0.2, 0.25) is 0 Å². The third-order valence-corrected chi connectivity index (χ3v) is 3.71. The summed E-state index contributed by atoms with van der Waals surface area (Å²) in [5.74, 6) is 0. The normalized spacial score (nSPS) is 19.5. The van der Waals surface area contributed by atoms with Crippen LogP contribution in [0, 0.1) is 16.7 Å². The van der Waals surface area contributed by atoms with Gasteiger partial charge in [0.15, 0.2) is 0 Å². The van der Waals surface area contributed by atoms with Crippen LogP contribution >= 0.6 is 0 Å². The third kappa shape index (κ3) is 2.79. The first-order valence-electron chi connectivity index (χ1n) is 6.36. The zero-order valence-electron chi connectivity index (χ0n) is 10.7. The van der Waals surface area contributed by atoms with Crippen molar-refractivity contribution in [2.75, 3.05) is 18.0 Å². The van der Waals surface area contributed by atoms with Crippen LogP contribution in [0.1, 0.15) is 38.7 Å². The quantitative estimate of drug-likeness (QED) is 0.734. The average Bonchev–Trinajstić information content (AvgIpc) is 2.50. The van der Waals surface area contributed by atoms with Crippen LogP contribution in [0.5, 0.6) is 0 Å². The summed E-state index contributed by atoms with van der Waals surface area (Å²) < 4.78 is 0. The largest absolute Gasteiger partial charge is 0.370 e. The first-order chi connectivity index (χ1) is 8.12. The van der Waals surface area contributed by atoms with E-state index in [4.69, 9.17) is 5.26 Å². The molecule has 0 N–H and O–H groups in total. The molecule has 0 radical (unpaired) electrons. The molecule has 0 aromatic heterocycles. The van der Waals surface area contributed by atoms with Gasteiger partial charge in [-0.15, -0.1) is 0 Å². The van der Waals surface area contributed by atoms with Crippen molar-refractivity contribution in [3.8, 4) is 6.07 Å². The minimum Gasteiger partial charge on any atom is -0.370 e. The molecule has 1 fully saturated rings. The van der Waals surface area contributed by atoms with Crippen molar-refractivity contribution in [3.05, 3.63) is 29.8 Å². The molecule has 1 aliphatic rings. The lowest BCUT2D eigenvalue weighted by Gasteiger charge is -2.25.